The third-order valence-electron chi connectivity index (χ3n) is 4.84. The molecule has 5 nitrogen and oxygen atoms in total. The van der Waals surface area contributed by atoms with E-state index in [1.807, 2.05) is 60.5 Å². The zero-order chi connectivity index (χ0) is 17.9. The molecule has 0 spiro atoms. The SMILES string of the molecule is CCc1ncc2c(n1)CN(C(=O)CC(c1ccccc1)c1ccco1)C2. The lowest BCUT2D eigenvalue weighted by molar-refractivity contribution is -0.132. The van der Waals surface area contributed by atoms with Gasteiger partial charge in [0.2, 0.25) is 5.91 Å². The Hall–Kier alpha value is -2.95. The van der Waals surface area contributed by atoms with Crippen molar-refractivity contribution in [1.29, 1.82) is 0 Å². The second-order valence-electron chi connectivity index (χ2n) is 6.54. The lowest BCUT2D eigenvalue weighted by Gasteiger charge is -2.20. The summed E-state index contributed by atoms with van der Waals surface area (Å²) in [6.07, 6.45) is 4.69. The van der Waals surface area contributed by atoms with Gasteiger partial charge in [0.05, 0.1) is 24.4 Å². The van der Waals surface area contributed by atoms with E-state index < -0.39 is 0 Å². The zero-order valence-corrected chi connectivity index (χ0v) is 14.8. The number of nitrogens with zero attached hydrogens (tertiary/aromatic N) is 3. The first-order valence-corrected chi connectivity index (χ1v) is 8.94. The van der Waals surface area contributed by atoms with Crippen molar-refractivity contribution in [3.8, 4) is 0 Å². The fraction of sp³-hybridized carbons (Fsp3) is 0.286. The molecule has 0 fully saturated rings. The maximum atomic E-state index is 13.0. The van der Waals surface area contributed by atoms with E-state index in [1.54, 1.807) is 6.26 Å². The number of rotatable bonds is 5. The van der Waals surface area contributed by atoms with Crippen molar-refractivity contribution in [2.45, 2.75) is 38.8 Å². The third kappa shape index (κ3) is 3.25. The average molecular weight is 347 g/mol. The standard InChI is InChI=1S/C21H21N3O2/c1-2-20-22-12-16-13-24(14-18(16)23-20)21(25)11-17(19-9-6-10-26-19)15-7-4-3-5-8-15/h3-10,12,17H,2,11,13-14H2,1H3. The number of amides is 1. The fourth-order valence-electron chi connectivity index (χ4n) is 3.40. The van der Waals surface area contributed by atoms with Crippen LogP contribution in [0.5, 0.6) is 0 Å². The normalized spacial score (nSPS) is 14.3. The molecule has 0 saturated carbocycles. The summed E-state index contributed by atoms with van der Waals surface area (Å²) in [6.45, 7) is 3.18. The fourth-order valence-corrected chi connectivity index (χ4v) is 3.40. The first-order valence-electron chi connectivity index (χ1n) is 8.94. The Morgan fingerprint density at radius 3 is 2.77 bits per heavy atom. The molecule has 3 heterocycles. The summed E-state index contributed by atoms with van der Waals surface area (Å²) in [5.74, 6) is 1.66. The summed E-state index contributed by atoms with van der Waals surface area (Å²) in [5.41, 5.74) is 3.10. The molecule has 1 aromatic carbocycles. The van der Waals surface area contributed by atoms with Crippen LogP contribution < -0.4 is 0 Å². The molecule has 0 bridgehead atoms. The molecule has 1 aliphatic heterocycles. The Bertz CT molecular complexity index is 891. The molecule has 0 saturated heterocycles. The molecule has 0 radical (unpaired) electrons. The Balaban J connectivity index is 1.53. The highest BCUT2D eigenvalue weighted by molar-refractivity contribution is 5.78. The van der Waals surface area contributed by atoms with Gasteiger partial charge in [0, 0.05) is 31.1 Å². The monoisotopic (exact) mass is 347 g/mol. The first-order chi connectivity index (χ1) is 12.7. The van der Waals surface area contributed by atoms with Crippen molar-refractivity contribution >= 4 is 5.91 Å². The van der Waals surface area contributed by atoms with Crippen molar-refractivity contribution in [2.24, 2.45) is 0 Å². The van der Waals surface area contributed by atoms with Gasteiger partial charge >= 0.3 is 0 Å². The van der Waals surface area contributed by atoms with Gasteiger partial charge in [-0.1, -0.05) is 37.3 Å². The highest BCUT2D eigenvalue weighted by atomic mass is 16.3. The summed E-state index contributed by atoms with van der Waals surface area (Å²) in [7, 11) is 0. The molecule has 4 rings (SSSR count). The van der Waals surface area contributed by atoms with E-state index >= 15 is 0 Å². The van der Waals surface area contributed by atoms with E-state index in [9.17, 15) is 4.79 Å². The molecule has 3 aromatic rings. The lowest BCUT2D eigenvalue weighted by atomic mass is 9.93. The minimum absolute atomic E-state index is 0.0836. The van der Waals surface area contributed by atoms with E-state index in [0.717, 1.165) is 34.8 Å². The molecule has 5 heteroatoms. The van der Waals surface area contributed by atoms with Gasteiger partial charge in [-0.2, -0.15) is 0 Å². The van der Waals surface area contributed by atoms with Crippen molar-refractivity contribution in [2.75, 3.05) is 0 Å². The van der Waals surface area contributed by atoms with Crippen LogP contribution in [0.4, 0.5) is 0 Å². The quantitative estimate of drug-likeness (QED) is 0.706. The van der Waals surface area contributed by atoms with Gasteiger partial charge in [-0.15, -0.1) is 0 Å². The summed E-state index contributed by atoms with van der Waals surface area (Å²) in [4.78, 5) is 23.8. The number of hydrogen-bond donors (Lipinski definition) is 0. The van der Waals surface area contributed by atoms with E-state index in [-0.39, 0.29) is 11.8 Å². The van der Waals surface area contributed by atoms with Crippen LogP contribution in [-0.2, 0) is 24.3 Å². The molecule has 0 N–H and O–H groups in total. The number of carbonyl (C=O) groups excluding carboxylic acids is 1. The van der Waals surface area contributed by atoms with Gasteiger partial charge in [-0.25, -0.2) is 9.97 Å². The smallest absolute Gasteiger partial charge is 0.224 e. The minimum Gasteiger partial charge on any atom is -0.469 e. The topological polar surface area (TPSA) is 59.2 Å². The number of benzene rings is 1. The van der Waals surface area contributed by atoms with E-state index in [0.29, 0.717) is 19.5 Å². The first kappa shape index (κ1) is 16.5. The van der Waals surface area contributed by atoms with Crippen LogP contribution in [0.2, 0.25) is 0 Å². The van der Waals surface area contributed by atoms with E-state index in [2.05, 4.69) is 9.97 Å². The molecule has 1 amide bonds. The molecule has 1 aliphatic rings. The number of fused-ring (bicyclic) bond motifs is 1. The average Bonchev–Trinajstić information content (AvgIpc) is 3.35. The van der Waals surface area contributed by atoms with Gasteiger partial charge in [0.1, 0.15) is 11.6 Å². The Labute approximate surface area is 152 Å². The highest BCUT2D eigenvalue weighted by Crippen LogP contribution is 2.30. The number of aromatic nitrogens is 2. The zero-order valence-electron chi connectivity index (χ0n) is 14.8. The highest BCUT2D eigenvalue weighted by Gasteiger charge is 2.28. The summed E-state index contributed by atoms with van der Waals surface area (Å²) in [5, 5.41) is 0. The molecular weight excluding hydrogens is 326 g/mol. The van der Waals surface area contributed by atoms with Gasteiger partial charge in [-0.05, 0) is 17.7 Å². The maximum absolute atomic E-state index is 13.0. The molecule has 26 heavy (non-hydrogen) atoms. The van der Waals surface area contributed by atoms with Crippen LogP contribution in [0.15, 0.2) is 59.3 Å². The van der Waals surface area contributed by atoms with Gasteiger partial charge in [-0.3, -0.25) is 4.79 Å². The predicted molar refractivity (Wildman–Crippen MR) is 97.3 cm³/mol. The maximum Gasteiger partial charge on any atom is 0.224 e. The Morgan fingerprint density at radius 1 is 1.19 bits per heavy atom. The molecule has 132 valence electrons. The minimum atomic E-state index is -0.0836. The molecule has 1 unspecified atom stereocenters. The summed E-state index contributed by atoms with van der Waals surface area (Å²) >= 11 is 0. The molecule has 0 aliphatic carbocycles. The van der Waals surface area contributed by atoms with Gasteiger partial charge in [0.25, 0.3) is 0 Å². The third-order valence-corrected chi connectivity index (χ3v) is 4.84. The van der Waals surface area contributed by atoms with E-state index in [4.69, 9.17) is 4.42 Å². The van der Waals surface area contributed by atoms with Crippen molar-refractivity contribution in [3.63, 3.8) is 0 Å². The number of carbonyl (C=O) groups is 1. The lowest BCUT2D eigenvalue weighted by Crippen LogP contribution is -2.27. The van der Waals surface area contributed by atoms with Crippen LogP contribution in [-0.4, -0.2) is 20.8 Å². The van der Waals surface area contributed by atoms with Crippen LogP contribution >= 0.6 is 0 Å². The predicted octanol–water partition coefficient (Wildman–Crippen LogP) is 3.70. The summed E-state index contributed by atoms with van der Waals surface area (Å²) in [6, 6.07) is 13.8. The van der Waals surface area contributed by atoms with Crippen molar-refractivity contribution in [1.82, 2.24) is 14.9 Å². The Morgan fingerprint density at radius 2 is 2.04 bits per heavy atom. The number of furan rings is 1. The second kappa shape index (κ2) is 7.12. The number of aryl methyl sites for hydroxylation is 1. The van der Waals surface area contributed by atoms with Crippen LogP contribution in [0.1, 0.15) is 47.7 Å². The molecular formula is C21H21N3O2. The van der Waals surface area contributed by atoms with Gasteiger partial charge in [0.15, 0.2) is 0 Å². The van der Waals surface area contributed by atoms with Crippen LogP contribution in [0, 0.1) is 0 Å². The second-order valence-corrected chi connectivity index (χ2v) is 6.54. The largest absolute Gasteiger partial charge is 0.469 e. The van der Waals surface area contributed by atoms with Crippen molar-refractivity contribution < 1.29 is 9.21 Å². The van der Waals surface area contributed by atoms with Gasteiger partial charge < -0.3 is 9.32 Å². The molecule has 1 atom stereocenters. The summed E-state index contributed by atoms with van der Waals surface area (Å²) < 4.78 is 5.61. The van der Waals surface area contributed by atoms with Crippen LogP contribution in [0.3, 0.4) is 0 Å². The van der Waals surface area contributed by atoms with Crippen molar-refractivity contribution in [3.05, 3.63) is 83.3 Å². The molecule has 2 aromatic heterocycles. The van der Waals surface area contributed by atoms with Crippen LogP contribution in [0.25, 0.3) is 0 Å². The van der Waals surface area contributed by atoms with E-state index in [1.165, 1.54) is 0 Å². The Kier molecular flexibility index (Phi) is 4.52. The number of hydrogen-bond acceptors (Lipinski definition) is 4.